The first-order chi connectivity index (χ1) is 11.1. The van der Waals surface area contributed by atoms with Crippen molar-refractivity contribution in [2.75, 3.05) is 26.1 Å². The van der Waals surface area contributed by atoms with Crippen LogP contribution in [0.4, 0.5) is 5.95 Å². The molecule has 2 aromatic rings. The minimum Gasteiger partial charge on any atom is -0.479 e. The van der Waals surface area contributed by atoms with E-state index >= 15 is 0 Å². The summed E-state index contributed by atoms with van der Waals surface area (Å²) in [5, 5.41) is 19.8. The maximum Gasteiger partial charge on any atom is 0.246 e. The largest absolute Gasteiger partial charge is 0.479 e. The van der Waals surface area contributed by atoms with E-state index in [1.165, 1.54) is 13.4 Å². The van der Waals surface area contributed by atoms with Crippen LogP contribution < -0.4 is 10.5 Å². The van der Waals surface area contributed by atoms with Crippen LogP contribution in [0.15, 0.2) is 6.33 Å². The highest BCUT2D eigenvalue weighted by Gasteiger charge is 2.61. The van der Waals surface area contributed by atoms with Crippen molar-refractivity contribution in [3.8, 4) is 5.88 Å². The van der Waals surface area contributed by atoms with Crippen molar-refractivity contribution in [3.05, 3.63) is 6.33 Å². The minimum absolute atomic E-state index is 0.0388. The second-order valence-electron chi connectivity index (χ2n) is 5.62. The van der Waals surface area contributed by atoms with Crippen LogP contribution in [0, 0.1) is 0 Å². The number of nitrogens with two attached hydrogens (primary N) is 1. The first kappa shape index (κ1) is 14.6. The van der Waals surface area contributed by atoms with E-state index in [9.17, 15) is 10.2 Å². The third-order valence-corrected chi connectivity index (χ3v) is 4.47. The number of aromatic nitrogens is 4. The van der Waals surface area contributed by atoms with E-state index in [1.54, 1.807) is 4.57 Å². The van der Waals surface area contributed by atoms with Crippen LogP contribution in [0.25, 0.3) is 11.2 Å². The summed E-state index contributed by atoms with van der Waals surface area (Å²) in [5.41, 5.74) is 5.64. The smallest absolute Gasteiger partial charge is 0.246 e. The molecule has 0 bridgehead atoms. The van der Waals surface area contributed by atoms with Gasteiger partial charge in [-0.3, -0.25) is 4.57 Å². The van der Waals surface area contributed by atoms with Gasteiger partial charge in [-0.15, -0.1) is 0 Å². The van der Waals surface area contributed by atoms with E-state index in [1.807, 2.05) is 0 Å². The summed E-state index contributed by atoms with van der Waals surface area (Å²) in [7, 11) is 1.47. The van der Waals surface area contributed by atoms with Gasteiger partial charge in [0.2, 0.25) is 11.8 Å². The predicted octanol–water partition coefficient (Wildman–Crippen LogP) is -1.17. The number of aliphatic hydroxyl groups is 2. The summed E-state index contributed by atoms with van der Waals surface area (Å²) < 4.78 is 18.3. The second kappa shape index (κ2) is 4.99. The van der Waals surface area contributed by atoms with E-state index in [2.05, 4.69) is 15.0 Å². The van der Waals surface area contributed by atoms with Gasteiger partial charge < -0.3 is 30.2 Å². The Labute approximate surface area is 130 Å². The number of hydrogen-bond donors (Lipinski definition) is 3. The van der Waals surface area contributed by atoms with Gasteiger partial charge >= 0.3 is 0 Å². The first-order valence-corrected chi connectivity index (χ1v) is 7.23. The zero-order valence-electron chi connectivity index (χ0n) is 12.4. The average molecular weight is 323 g/mol. The summed E-state index contributed by atoms with van der Waals surface area (Å²) in [6.45, 7) is 0.206. The van der Waals surface area contributed by atoms with Gasteiger partial charge in [-0.1, -0.05) is 0 Å². The van der Waals surface area contributed by atoms with E-state index in [0.29, 0.717) is 24.2 Å². The van der Waals surface area contributed by atoms with Crippen LogP contribution >= 0.6 is 0 Å². The second-order valence-corrected chi connectivity index (χ2v) is 5.62. The lowest BCUT2D eigenvalue weighted by Gasteiger charge is -2.44. The number of rotatable bonds is 3. The molecule has 4 unspecified atom stereocenters. The Morgan fingerprint density at radius 1 is 1.52 bits per heavy atom. The third-order valence-electron chi connectivity index (χ3n) is 4.47. The molecular formula is C13H17N5O5. The fourth-order valence-electron chi connectivity index (χ4n) is 3.25. The lowest BCUT2D eigenvalue weighted by Crippen LogP contribution is -2.56. The van der Waals surface area contributed by atoms with Crippen molar-refractivity contribution in [1.29, 1.82) is 0 Å². The van der Waals surface area contributed by atoms with E-state index in [4.69, 9.17) is 19.9 Å². The molecule has 1 spiro atoms. The minimum atomic E-state index is -0.940. The van der Waals surface area contributed by atoms with E-state index < -0.39 is 24.0 Å². The Morgan fingerprint density at radius 2 is 2.30 bits per heavy atom. The Morgan fingerprint density at radius 3 is 2.91 bits per heavy atom. The van der Waals surface area contributed by atoms with Crippen molar-refractivity contribution >= 4 is 17.1 Å². The van der Waals surface area contributed by atoms with Crippen LogP contribution in [0.3, 0.4) is 0 Å². The van der Waals surface area contributed by atoms with Crippen molar-refractivity contribution in [2.45, 2.75) is 30.5 Å². The highest BCUT2D eigenvalue weighted by Crippen LogP contribution is 2.49. The molecule has 0 radical (unpaired) electrons. The first-order valence-electron chi connectivity index (χ1n) is 7.23. The normalized spacial score (nSPS) is 33.3. The molecule has 10 heteroatoms. The van der Waals surface area contributed by atoms with Gasteiger partial charge in [0, 0.05) is 6.42 Å². The van der Waals surface area contributed by atoms with Gasteiger partial charge in [-0.05, 0) is 0 Å². The zero-order chi connectivity index (χ0) is 16.2. The average Bonchev–Trinajstić information content (AvgIpc) is 3.04. The summed E-state index contributed by atoms with van der Waals surface area (Å²) in [6.07, 6.45) is -0.231. The third kappa shape index (κ3) is 1.86. The molecule has 4 atom stereocenters. The van der Waals surface area contributed by atoms with Crippen LogP contribution in [0.5, 0.6) is 5.88 Å². The molecular weight excluding hydrogens is 306 g/mol. The van der Waals surface area contributed by atoms with E-state index in [-0.39, 0.29) is 18.4 Å². The molecule has 0 aliphatic carbocycles. The number of nitrogens with zero attached hydrogens (tertiary/aromatic N) is 4. The Balaban J connectivity index is 1.84. The quantitative estimate of drug-likeness (QED) is 0.637. The predicted molar refractivity (Wildman–Crippen MR) is 76.6 cm³/mol. The maximum absolute atomic E-state index is 10.4. The van der Waals surface area contributed by atoms with Crippen LogP contribution in [0.1, 0.15) is 12.6 Å². The highest BCUT2D eigenvalue weighted by molar-refractivity contribution is 5.77. The summed E-state index contributed by atoms with van der Waals surface area (Å²) >= 11 is 0. The summed E-state index contributed by atoms with van der Waals surface area (Å²) in [6, 6.07) is 0. The topological polar surface area (TPSA) is 138 Å². The molecule has 2 saturated heterocycles. The van der Waals surface area contributed by atoms with Gasteiger partial charge in [0.1, 0.15) is 17.8 Å². The number of imidazole rings is 1. The lowest BCUT2D eigenvalue weighted by molar-refractivity contribution is -0.225. The maximum atomic E-state index is 10.4. The molecule has 0 amide bonds. The fraction of sp³-hybridized carbons (Fsp3) is 0.615. The SMILES string of the molecule is COc1nc(N)nc2c1ncn2C1OC(CO)C(O)C12CCO2. The molecule has 2 aliphatic heterocycles. The number of nitrogen functional groups attached to an aromatic ring is 1. The molecule has 2 aliphatic rings. The van der Waals surface area contributed by atoms with Crippen molar-refractivity contribution in [1.82, 2.24) is 19.5 Å². The molecule has 0 aromatic carbocycles. The van der Waals surface area contributed by atoms with Crippen molar-refractivity contribution in [2.24, 2.45) is 0 Å². The molecule has 2 aromatic heterocycles. The monoisotopic (exact) mass is 323 g/mol. The van der Waals surface area contributed by atoms with Crippen LogP contribution in [0.2, 0.25) is 0 Å². The standard InChI is InChI=1S/C13H17N5O5/c1-21-10-7-9(16-12(14)17-10)18(5-15-7)11-13(2-3-22-13)8(20)6(4-19)23-11/h5-6,8,11,19-20H,2-4H2,1H3,(H2,14,16,17). The summed E-state index contributed by atoms with van der Waals surface area (Å²) in [4.78, 5) is 12.4. The van der Waals surface area contributed by atoms with Crippen LogP contribution in [-0.2, 0) is 9.47 Å². The molecule has 124 valence electrons. The van der Waals surface area contributed by atoms with Gasteiger partial charge in [-0.2, -0.15) is 9.97 Å². The number of hydrogen-bond acceptors (Lipinski definition) is 9. The van der Waals surface area contributed by atoms with Gasteiger partial charge in [0.05, 0.1) is 26.7 Å². The number of ether oxygens (including phenoxy) is 3. The van der Waals surface area contributed by atoms with Gasteiger partial charge in [0.15, 0.2) is 17.4 Å². The summed E-state index contributed by atoms with van der Waals surface area (Å²) in [5.74, 6) is 0.295. The fourth-order valence-corrected chi connectivity index (χ4v) is 3.25. The van der Waals surface area contributed by atoms with Crippen molar-refractivity contribution in [3.63, 3.8) is 0 Å². The highest BCUT2D eigenvalue weighted by atomic mass is 16.6. The van der Waals surface area contributed by atoms with Crippen LogP contribution in [-0.4, -0.2) is 67.9 Å². The molecule has 2 fully saturated rings. The Hall–Kier alpha value is -2.01. The lowest BCUT2D eigenvalue weighted by atomic mass is 9.86. The number of methoxy groups -OCH3 is 1. The molecule has 4 N–H and O–H groups in total. The van der Waals surface area contributed by atoms with Crippen molar-refractivity contribution < 1.29 is 24.4 Å². The molecule has 23 heavy (non-hydrogen) atoms. The Kier molecular flexibility index (Phi) is 3.17. The number of aliphatic hydroxyl groups excluding tert-OH is 2. The molecule has 4 heterocycles. The molecule has 4 rings (SSSR count). The Bertz CT molecular complexity index is 746. The van der Waals surface area contributed by atoms with Gasteiger partial charge in [-0.25, -0.2) is 4.98 Å². The van der Waals surface area contributed by atoms with Gasteiger partial charge in [0.25, 0.3) is 0 Å². The zero-order valence-corrected chi connectivity index (χ0v) is 12.4. The number of fused-ring (bicyclic) bond motifs is 1. The van der Waals surface area contributed by atoms with E-state index in [0.717, 1.165) is 0 Å². The number of anilines is 1. The molecule has 0 saturated carbocycles. The molecule has 10 nitrogen and oxygen atoms in total.